The highest BCUT2D eigenvalue weighted by molar-refractivity contribution is 9.09. The largest absolute Gasteiger partial charge is 0.411 e. The number of halogens is 4. The van der Waals surface area contributed by atoms with E-state index in [4.69, 9.17) is 0 Å². The fraction of sp³-hybridized carbons (Fsp3) is 1.00. The molecule has 0 aromatic heterocycles. The number of alkyl halides is 4. The molecule has 0 radical (unpaired) electrons. The predicted octanol–water partition coefficient (Wildman–Crippen LogP) is 2.03. The van der Waals surface area contributed by atoms with Crippen LogP contribution in [0.5, 0.6) is 0 Å². The molecule has 0 bridgehead atoms. The zero-order chi connectivity index (χ0) is 10.6. The van der Waals surface area contributed by atoms with Crippen molar-refractivity contribution >= 4 is 15.9 Å². The van der Waals surface area contributed by atoms with Gasteiger partial charge in [-0.25, -0.2) is 0 Å². The smallest absolute Gasteiger partial charge is 0.371 e. The standard InChI is InChI=1S/C8H13BrF3NO/c9-7-1-2-13(5-7)3-4-14-6-8(10,11)12/h7H,1-6H2. The molecule has 1 rings (SSSR count). The van der Waals surface area contributed by atoms with Gasteiger partial charge in [0, 0.05) is 17.9 Å². The number of hydrogen-bond donors (Lipinski definition) is 0. The van der Waals surface area contributed by atoms with E-state index in [1.807, 2.05) is 0 Å². The van der Waals surface area contributed by atoms with E-state index in [-0.39, 0.29) is 6.61 Å². The molecule has 0 aliphatic carbocycles. The third-order valence-electron chi connectivity index (χ3n) is 2.03. The summed E-state index contributed by atoms with van der Waals surface area (Å²) in [4.78, 5) is 2.57. The monoisotopic (exact) mass is 275 g/mol. The van der Waals surface area contributed by atoms with Crippen LogP contribution in [0, 0.1) is 0 Å². The van der Waals surface area contributed by atoms with Gasteiger partial charge >= 0.3 is 6.18 Å². The van der Waals surface area contributed by atoms with Crippen molar-refractivity contribution in [2.24, 2.45) is 0 Å². The summed E-state index contributed by atoms with van der Waals surface area (Å²) in [5.74, 6) is 0. The van der Waals surface area contributed by atoms with Crippen molar-refractivity contribution < 1.29 is 17.9 Å². The Morgan fingerprint density at radius 3 is 2.64 bits per heavy atom. The molecule has 0 amide bonds. The minimum absolute atomic E-state index is 0.152. The SMILES string of the molecule is FC(F)(F)COCCN1CCC(Br)C1. The molecule has 0 aromatic carbocycles. The van der Waals surface area contributed by atoms with Crippen molar-refractivity contribution in [1.82, 2.24) is 4.90 Å². The quantitative estimate of drug-likeness (QED) is 0.575. The normalized spacial score (nSPS) is 24.4. The first kappa shape index (κ1) is 12.3. The lowest BCUT2D eigenvalue weighted by Crippen LogP contribution is -2.27. The van der Waals surface area contributed by atoms with E-state index in [1.165, 1.54) is 0 Å². The Labute approximate surface area is 89.5 Å². The maximum absolute atomic E-state index is 11.7. The van der Waals surface area contributed by atoms with Crippen molar-refractivity contribution in [3.05, 3.63) is 0 Å². The lowest BCUT2D eigenvalue weighted by Gasteiger charge is -2.15. The van der Waals surface area contributed by atoms with E-state index in [9.17, 15) is 13.2 Å². The molecule has 1 aliphatic rings. The van der Waals surface area contributed by atoms with Crippen molar-refractivity contribution in [2.45, 2.75) is 17.4 Å². The molecule has 1 heterocycles. The number of likely N-dealkylation sites (tertiary alicyclic amines) is 1. The maximum Gasteiger partial charge on any atom is 0.411 e. The molecule has 2 nitrogen and oxygen atoms in total. The van der Waals surface area contributed by atoms with Crippen molar-refractivity contribution in [3.8, 4) is 0 Å². The van der Waals surface area contributed by atoms with E-state index in [0.717, 1.165) is 19.5 Å². The minimum Gasteiger partial charge on any atom is -0.371 e. The van der Waals surface area contributed by atoms with E-state index in [0.29, 0.717) is 11.4 Å². The van der Waals surface area contributed by atoms with Gasteiger partial charge in [0.1, 0.15) is 6.61 Å². The summed E-state index contributed by atoms with van der Waals surface area (Å²) in [5, 5.41) is 0. The summed E-state index contributed by atoms with van der Waals surface area (Å²) < 4.78 is 39.5. The molecule has 0 N–H and O–H groups in total. The average molecular weight is 276 g/mol. The molecule has 1 fully saturated rings. The molecule has 1 aliphatic heterocycles. The van der Waals surface area contributed by atoms with Crippen LogP contribution in [-0.4, -0.2) is 48.8 Å². The molecular formula is C8H13BrF3NO. The summed E-state index contributed by atoms with van der Waals surface area (Å²) in [6.45, 7) is 1.43. The molecule has 1 unspecified atom stereocenters. The van der Waals surface area contributed by atoms with Gasteiger partial charge in [-0.05, 0) is 13.0 Å². The number of ether oxygens (including phenoxy) is 1. The van der Waals surface area contributed by atoms with Crippen molar-refractivity contribution in [3.63, 3.8) is 0 Å². The molecule has 14 heavy (non-hydrogen) atoms. The highest BCUT2D eigenvalue weighted by Crippen LogP contribution is 2.17. The van der Waals surface area contributed by atoms with Crippen LogP contribution in [-0.2, 0) is 4.74 Å². The van der Waals surface area contributed by atoms with Crippen molar-refractivity contribution in [1.29, 1.82) is 0 Å². The van der Waals surface area contributed by atoms with E-state index in [1.54, 1.807) is 0 Å². The second-order valence-electron chi connectivity index (χ2n) is 3.35. The van der Waals surface area contributed by atoms with Gasteiger partial charge in [-0.15, -0.1) is 0 Å². The van der Waals surface area contributed by atoms with Crippen LogP contribution in [0.4, 0.5) is 13.2 Å². The average Bonchev–Trinajstić information content (AvgIpc) is 2.44. The molecule has 84 valence electrons. The molecule has 0 saturated carbocycles. The van der Waals surface area contributed by atoms with E-state index >= 15 is 0 Å². The zero-order valence-electron chi connectivity index (χ0n) is 7.69. The number of hydrogen-bond acceptors (Lipinski definition) is 2. The Bertz CT molecular complexity index is 176. The van der Waals surface area contributed by atoms with Gasteiger partial charge in [-0.2, -0.15) is 13.2 Å². The van der Waals surface area contributed by atoms with Gasteiger partial charge in [-0.1, -0.05) is 15.9 Å². The lowest BCUT2D eigenvalue weighted by molar-refractivity contribution is -0.174. The highest BCUT2D eigenvalue weighted by Gasteiger charge is 2.27. The number of rotatable bonds is 4. The lowest BCUT2D eigenvalue weighted by atomic mass is 10.4. The first-order valence-corrected chi connectivity index (χ1v) is 5.40. The van der Waals surface area contributed by atoms with Gasteiger partial charge in [0.2, 0.25) is 0 Å². The second kappa shape index (κ2) is 5.32. The maximum atomic E-state index is 11.7. The number of nitrogens with zero attached hydrogens (tertiary/aromatic N) is 1. The Kier molecular flexibility index (Phi) is 4.66. The zero-order valence-corrected chi connectivity index (χ0v) is 9.27. The molecular weight excluding hydrogens is 263 g/mol. The van der Waals surface area contributed by atoms with Gasteiger partial charge in [0.25, 0.3) is 0 Å². The fourth-order valence-corrected chi connectivity index (χ4v) is 1.98. The Morgan fingerprint density at radius 2 is 2.14 bits per heavy atom. The van der Waals surface area contributed by atoms with Gasteiger partial charge in [0.15, 0.2) is 0 Å². The Balaban J connectivity index is 1.99. The molecule has 0 spiro atoms. The summed E-state index contributed by atoms with van der Waals surface area (Å²) >= 11 is 3.46. The summed E-state index contributed by atoms with van der Waals surface area (Å²) in [6.07, 6.45) is -3.15. The Hall–Kier alpha value is 0.190. The van der Waals surface area contributed by atoms with E-state index in [2.05, 4.69) is 25.6 Å². The van der Waals surface area contributed by atoms with Gasteiger partial charge < -0.3 is 4.74 Å². The molecule has 1 atom stereocenters. The highest BCUT2D eigenvalue weighted by atomic mass is 79.9. The topological polar surface area (TPSA) is 12.5 Å². The summed E-state index contributed by atoms with van der Waals surface area (Å²) in [6, 6.07) is 0. The van der Waals surface area contributed by atoms with Crippen LogP contribution in [0.1, 0.15) is 6.42 Å². The Morgan fingerprint density at radius 1 is 1.43 bits per heavy atom. The first-order chi connectivity index (χ1) is 6.47. The van der Waals surface area contributed by atoms with Crippen LogP contribution in [0.3, 0.4) is 0 Å². The van der Waals surface area contributed by atoms with Crippen LogP contribution in [0.2, 0.25) is 0 Å². The predicted molar refractivity (Wildman–Crippen MR) is 50.6 cm³/mol. The second-order valence-corrected chi connectivity index (χ2v) is 4.65. The van der Waals surface area contributed by atoms with Crippen LogP contribution >= 0.6 is 15.9 Å². The van der Waals surface area contributed by atoms with Crippen molar-refractivity contribution in [2.75, 3.05) is 32.8 Å². The van der Waals surface area contributed by atoms with Crippen LogP contribution in [0.15, 0.2) is 0 Å². The first-order valence-electron chi connectivity index (χ1n) is 4.48. The summed E-state index contributed by atoms with van der Waals surface area (Å²) in [5.41, 5.74) is 0. The van der Waals surface area contributed by atoms with Crippen LogP contribution < -0.4 is 0 Å². The van der Waals surface area contributed by atoms with E-state index < -0.39 is 12.8 Å². The molecule has 0 aromatic rings. The minimum atomic E-state index is -4.21. The van der Waals surface area contributed by atoms with Gasteiger partial charge in [0.05, 0.1) is 6.61 Å². The third kappa shape index (κ3) is 5.17. The molecule has 1 saturated heterocycles. The van der Waals surface area contributed by atoms with Gasteiger partial charge in [-0.3, -0.25) is 4.90 Å². The molecule has 6 heteroatoms. The third-order valence-corrected chi connectivity index (χ3v) is 2.78. The fourth-order valence-electron chi connectivity index (χ4n) is 1.37. The summed E-state index contributed by atoms with van der Waals surface area (Å²) in [7, 11) is 0. The van der Waals surface area contributed by atoms with Crippen LogP contribution in [0.25, 0.3) is 0 Å².